The molecule has 0 aliphatic heterocycles. The average Bonchev–Trinajstić information content (AvgIpc) is 2.67. The van der Waals surface area contributed by atoms with Gasteiger partial charge in [0.05, 0.1) is 12.4 Å². The van der Waals surface area contributed by atoms with Crippen LogP contribution >= 0.6 is 0 Å². The van der Waals surface area contributed by atoms with Crippen LogP contribution in [-0.2, 0) is 4.74 Å². The molecule has 1 N–H and O–H groups in total. The lowest BCUT2D eigenvalue weighted by molar-refractivity contribution is -0.0397. The summed E-state index contributed by atoms with van der Waals surface area (Å²) in [6.45, 7) is 2.81. The van der Waals surface area contributed by atoms with E-state index in [0.717, 1.165) is 25.9 Å². The van der Waals surface area contributed by atoms with Gasteiger partial charge in [-0.1, -0.05) is 0 Å². The molecule has 15 heavy (non-hydrogen) atoms. The molecule has 1 aromatic heterocycles. The smallest absolute Gasteiger partial charge is 0.132 e. The summed E-state index contributed by atoms with van der Waals surface area (Å²) < 4.78 is 10.6. The van der Waals surface area contributed by atoms with E-state index in [1.165, 1.54) is 0 Å². The Balaban J connectivity index is 1.71. The molecule has 0 aromatic carbocycles. The van der Waals surface area contributed by atoms with Crippen LogP contribution in [0.15, 0.2) is 22.8 Å². The van der Waals surface area contributed by atoms with E-state index in [-0.39, 0.29) is 0 Å². The second-order valence-corrected chi connectivity index (χ2v) is 4.18. The minimum Gasteiger partial charge on any atom is -0.467 e. The molecule has 0 radical (unpaired) electrons. The van der Waals surface area contributed by atoms with Crippen LogP contribution in [0.3, 0.4) is 0 Å². The maximum atomic E-state index is 9.83. The maximum absolute atomic E-state index is 9.83. The molecule has 84 valence electrons. The van der Waals surface area contributed by atoms with E-state index in [1.54, 1.807) is 6.26 Å². The highest BCUT2D eigenvalue weighted by Crippen LogP contribution is 2.36. The molecule has 1 aliphatic rings. The topological polar surface area (TPSA) is 42.6 Å². The molecule has 0 spiro atoms. The first-order valence-corrected chi connectivity index (χ1v) is 5.62. The molecule has 1 saturated carbocycles. The molecule has 2 rings (SSSR count). The minimum absolute atomic E-state index is 0.420. The van der Waals surface area contributed by atoms with Crippen molar-refractivity contribution < 1.29 is 14.3 Å². The molecule has 1 fully saturated rings. The largest absolute Gasteiger partial charge is 0.467 e. The van der Waals surface area contributed by atoms with Gasteiger partial charge in [0.25, 0.3) is 0 Å². The fraction of sp³-hybridized carbons (Fsp3) is 0.667. The fourth-order valence-electron chi connectivity index (χ4n) is 2.15. The van der Waals surface area contributed by atoms with E-state index in [2.05, 4.69) is 0 Å². The molecule has 3 heteroatoms. The average molecular weight is 210 g/mol. The molecular formula is C12H18O3. The molecule has 1 unspecified atom stereocenters. The van der Waals surface area contributed by atoms with Crippen molar-refractivity contribution in [3.63, 3.8) is 0 Å². The molecule has 1 heterocycles. The highest BCUT2D eigenvalue weighted by Gasteiger charge is 2.31. The number of ether oxygens (including phenoxy) is 1. The molecular weight excluding hydrogens is 192 g/mol. The summed E-state index contributed by atoms with van der Waals surface area (Å²) in [5.41, 5.74) is 0. The monoisotopic (exact) mass is 210 g/mol. The van der Waals surface area contributed by atoms with Crippen LogP contribution in [-0.4, -0.2) is 17.8 Å². The van der Waals surface area contributed by atoms with Crippen molar-refractivity contribution in [2.24, 2.45) is 5.92 Å². The van der Waals surface area contributed by atoms with Gasteiger partial charge in [-0.15, -0.1) is 0 Å². The summed E-state index contributed by atoms with van der Waals surface area (Å²) in [6, 6.07) is 3.63. The van der Waals surface area contributed by atoms with Crippen molar-refractivity contribution in [3.8, 4) is 0 Å². The first-order chi connectivity index (χ1) is 7.29. The predicted molar refractivity (Wildman–Crippen MR) is 56.4 cm³/mol. The van der Waals surface area contributed by atoms with Gasteiger partial charge in [-0.3, -0.25) is 0 Å². The third-order valence-corrected chi connectivity index (χ3v) is 3.02. The van der Waals surface area contributed by atoms with Crippen LogP contribution in [0.4, 0.5) is 0 Å². The Labute approximate surface area is 90.0 Å². The molecule has 0 bridgehead atoms. The Bertz CT molecular complexity index is 275. The SMILES string of the molecule is CCOC1CC(CC(O)c2ccco2)C1. The van der Waals surface area contributed by atoms with E-state index in [9.17, 15) is 5.11 Å². The Morgan fingerprint density at radius 1 is 1.60 bits per heavy atom. The highest BCUT2D eigenvalue weighted by atomic mass is 16.5. The summed E-state index contributed by atoms with van der Waals surface area (Å²) >= 11 is 0. The van der Waals surface area contributed by atoms with Crippen LogP contribution in [0.1, 0.15) is 38.1 Å². The van der Waals surface area contributed by atoms with Crippen molar-refractivity contribution in [3.05, 3.63) is 24.2 Å². The molecule has 1 atom stereocenters. The zero-order valence-corrected chi connectivity index (χ0v) is 9.06. The normalized spacial score (nSPS) is 27.3. The van der Waals surface area contributed by atoms with Gasteiger partial charge in [-0.05, 0) is 44.2 Å². The molecule has 1 aromatic rings. The maximum Gasteiger partial charge on any atom is 0.132 e. The van der Waals surface area contributed by atoms with Crippen LogP contribution in [0.5, 0.6) is 0 Å². The van der Waals surface area contributed by atoms with Crippen LogP contribution in [0.25, 0.3) is 0 Å². The number of hydrogen-bond donors (Lipinski definition) is 1. The second-order valence-electron chi connectivity index (χ2n) is 4.18. The zero-order valence-electron chi connectivity index (χ0n) is 9.06. The van der Waals surface area contributed by atoms with E-state index in [4.69, 9.17) is 9.15 Å². The summed E-state index contributed by atoms with van der Waals surface area (Å²) in [5, 5.41) is 9.83. The van der Waals surface area contributed by atoms with E-state index in [0.29, 0.717) is 17.8 Å². The Kier molecular flexibility index (Phi) is 3.44. The van der Waals surface area contributed by atoms with Gasteiger partial charge in [0.2, 0.25) is 0 Å². The van der Waals surface area contributed by atoms with Crippen molar-refractivity contribution >= 4 is 0 Å². The number of rotatable bonds is 5. The second kappa shape index (κ2) is 4.81. The quantitative estimate of drug-likeness (QED) is 0.812. The van der Waals surface area contributed by atoms with Gasteiger partial charge < -0.3 is 14.3 Å². The lowest BCUT2D eigenvalue weighted by Crippen LogP contribution is -2.32. The Hall–Kier alpha value is -0.800. The lowest BCUT2D eigenvalue weighted by Gasteiger charge is -2.35. The van der Waals surface area contributed by atoms with Crippen molar-refractivity contribution in [1.82, 2.24) is 0 Å². The summed E-state index contributed by atoms with van der Waals surface area (Å²) in [7, 11) is 0. The molecule has 1 aliphatic carbocycles. The van der Waals surface area contributed by atoms with Crippen LogP contribution in [0.2, 0.25) is 0 Å². The molecule has 0 saturated heterocycles. The van der Waals surface area contributed by atoms with E-state index < -0.39 is 6.10 Å². The van der Waals surface area contributed by atoms with Crippen molar-refractivity contribution in [1.29, 1.82) is 0 Å². The lowest BCUT2D eigenvalue weighted by atomic mass is 9.78. The van der Waals surface area contributed by atoms with E-state index in [1.807, 2.05) is 19.1 Å². The number of aliphatic hydroxyl groups is 1. The van der Waals surface area contributed by atoms with Crippen molar-refractivity contribution in [2.45, 2.75) is 38.4 Å². The summed E-state index contributed by atoms with van der Waals surface area (Å²) in [5.74, 6) is 1.26. The third-order valence-electron chi connectivity index (χ3n) is 3.02. The third kappa shape index (κ3) is 2.61. The van der Waals surface area contributed by atoms with Gasteiger partial charge in [-0.2, -0.15) is 0 Å². The number of hydrogen-bond acceptors (Lipinski definition) is 3. The van der Waals surface area contributed by atoms with Crippen LogP contribution in [0, 0.1) is 5.92 Å². The van der Waals surface area contributed by atoms with Gasteiger partial charge in [0.15, 0.2) is 0 Å². The first-order valence-electron chi connectivity index (χ1n) is 5.62. The van der Waals surface area contributed by atoms with E-state index >= 15 is 0 Å². The summed E-state index contributed by atoms with van der Waals surface area (Å²) in [4.78, 5) is 0. The summed E-state index contributed by atoms with van der Waals surface area (Å²) in [6.07, 6.45) is 4.51. The van der Waals surface area contributed by atoms with Gasteiger partial charge in [0, 0.05) is 6.61 Å². The van der Waals surface area contributed by atoms with Gasteiger partial charge >= 0.3 is 0 Å². The standard InChI is InChI=1S/C12H18O3/c1-2-14-10-6-9(7-10)8-11(13)12-4-3-5-15-12/h3-5,9-11,13H,2,6-8H2,1H3. The van der Waals surface area contributed by atoms with Crippen molar-refractivity contribution in [2.75, 3.05) is 6.61 Å². The molecule has 0 amide bonds. The molecule has 3 nitrogen and oxygen atoms in total. The Morgan fingerprint density at radius 2 is 2.40 bits per heavy atom. The zero-order chi connectivity index (χ0) is 10.7. The first kappa shape index (κ1) is 10.7. The predicted octanol–water partition coefficient (Wildman–Crippen LogP) is 2.52. The number of furan rings is 1. The van der Waals surface area contributed by atoms with Gasteiger partial charge in [-0.25, -0.2) is 0 Å². The number of aliphatic hydroxyl groups excluding tert-OH is 1. The minimum atomic E-state index is -0.451. The van der Waals surface area contributed by atoms with Crippen LogP contribution < -0.4 is 0 Å². The Morgan fingerprint density at radius 3 is 3.00 bits per heavy atom. The van der Waals surface area contributed by atoms with Gasteiger partial charge in [0.1, 0.15) is 11.9 Å². The fourth-order valence-corrected chi connectivity index (χ4v) is 2.15. The highest BCUT2D eigenvalue weighted by molar-refractivity contribution is 5.02.